The molecule has 1 atom stereocenters. The molecule has 1 saturated heterocycles. The number of halogens is 5. The second-order valence-corrected chi connectivity index (χ2v) is 6.03. The van der Waals surface area contributed by atoms with Crippen LogP contribution in [-0.4, -0.2) is 31.1 Å². The maximum atomic E-state index is 14.3. The average molecular weight is 371 g/mol. The predicted molar refractivity (Wildman–Crippen MR) is 90.0 cm³/mol. The Bertz CT molecular complexity index is 504. The number of hydrogen-bond donors (Lipinski definition) is 1. The molecule has 2 fully saturated rings. The fourth-order valence-electron chi connectivity index (χ4n) is 3.76. The van der Waals surface area contributed by atoms with Gasteiger partial charge in [-0.3, -0.25) is 4.90 Å². The first-order chi connectivity index (χ1) is 10.2. The highest BCUT2D eigenvalue weighted by atomic mass is 35.5. The van der Waals surface area contributed by atoms with Crippen LogP contribution in [0.5, 0.6) is 0 Å². The topological polar surface area (TPSA) is 15.3 Å². The molecule has 1 saturated carbocycles. The smallest absolute Gasteiger partial charge is 0.166 e. The van der Waals surface area contributed by atoms with Crippen LogP contribution in [0.1, 0.15) is 37.3 Å². The largest absolute Gasteiger partial charge is 0.314 e. The molecular weight excluding hydrogens is 348 g/mol. The van der Waals surface area contributed by atoms with Crippen molar-refractivity contribution in [3.05, 3.63) is 35.1 Å². The van der Waals surface area contributed by atoms with Gasteiger partial charge in [-0.1, -0.05) is 12.8 Å². The summed E-state index contributed by atoms with van der Waals surface area (Å²) in [6.07, 6.45) is 4.10. The van der Waals surface area contributed by atoms with Gasteiger partial charge in [0, 0.05) is 37.8 Å². The first kappa shape index (κ1) is 20.6. The standard InChI is InChI=1S/C16H21F3N2.2ClH/c17-12-5-6-13(18)15(19)14(12)16(11-3-1-2-4-11)21-9-7-20-8-10-21;;/h5-6,11,16,20H,1-4,7-10H2;2*1H/t16-;;/m0../s1. The summed E-state index contributed by atoms with van der Waals surface area (Å²) in [5.74, 6) is -2.37. The summed E-state index contributed by atoms with van der Waals surface area (Å²) in [7, 11) is 0. The molecular formula is C16H23Cl2F3N2. The minimum atomic E-state index is -1.01. The zero-order valence-corrected chi connectivity index (χ0v) is 14.5. The third-order valence-electron chi connectivity index (χ3n) is 4.77. The molecule has 1 aromatic rings. The molecule has 23 heavy (non-hydrogen) atoms. The van der Waals surface area contributed by atoms with Gasteiger partial charge >= 0.3 is 0 Å². The zero-order valence-electron chi connectivity index (χ0n) is 12.9. The number of piperazine rings is 1. The van der Waals surface area contributed by atoms with Gasteiger partial charge in [0.25, 0.3) is 0 Å². The van der Waals surface area contributed by atoms with E-state index >= 15 is 0 Å². The van der Waals surface area contributed by atoms with Crippen molar-refractivity contribution >= 4 is 24.8 Å². The lowest BCUT2D eigenvalue weighted by atomic mass is 9.89. The van der Waals surface area contributed by atoms with Gasteiger partial charge in [0.2, 0.25) is 0 Å². The summed E-state index contributed by atoms with van der Waals surface area (Å²) in [5, 5.41) is 3.25. The van der Waals surface area contributed by atoms with Gasteiger partial charge in [-0.25, -0.2) is 13.2 Å². The number of rotatable bonds is 3. The molecule has 0 aromatic heterocycles. The molecule has 0 radical (unpaired) electrons. The van der Waals surface area contributed by atoms with Crippen molar-refractivity contribution in [1.29, 1.82) is 0 Å². The number of hydrogen-bond acceptors (Lipinski definition) is 2. The molecule has 1 aromatic carbocycles. The van der Waals surface area contributed by atoms with Gasteiger partial charge in [-0.05, 0) is 30.9 Å². The highest BCUT2D eigenvalue weighted by Crippen LogP contribution is 2.41. The van der Waals surface area contributed by atoms with Crippen molar-refractivity contribution in [3.63, 3.8) is 0 Å². The minimum absolute atomic E-state index is 0. The lowest BCUT2D eigenvalue weighted by Crippen LogP contribution is -2.47. The Balaban J connectivity index is 0.00000132. The molecule has 2 aliphatic rings. The number of nitrogens with one attached hydrogen (secondary N) is 1. The molecule has 2 nitrogen and oxygen atoms in total. The Hall–Kier alpha value is -0.490. The van der Waals surface area contributed by atoms with Crippen LogP contribution in [0.15, 0.2) is 12.1 Å². The van der Waals surface area contributed by atoms with Crippen molar-refractivity contribution in [3.8, 4) is 0 Å². The maximum Gasteiger partial charge on any atom is 0.166 e. The van der Waals surface area contributed by atoms with Crippen LogP contribution in [0.4, 0.5) is 13.2 Å². The summed E-state index contributed by atoms with van der Waals surface area (Å²) < 4.78 is 42.1. The third-order valence-corrected chi connectivity index (χ3v) is 4.77. The van der Waals surface area contributed by atoms with Crippen LogP contribution in [0.25, 0.3) is 0 Å². The zero-order chi connectivity index (χ0) is 14.8. The summed E-state index contributed by atoms with van der Waals surface area (Å²) in [6.45, 7) is 3.11. The molecule has 1 aliphatic heterocycles. The van der Waals surface area contributed by atoms with Gasteiger partial charge in [-0.15, -0.1) is 24.8 Å². The second-order valence-electron chi connectivity index (χ2n) is 6.03. The van der Waals surface area contributed by atoms with Crippen LogP contribution in [0, 0.1) is 23.4 Å². The summed E-state index contributed by atoms with van der Waals surface area (Å²) in [5.41, 5.74) is -0.0659. The first-order valence-electron chi connectivity index (χ1n) is 7.76. The van der Waals surface area contributed by atoms with E-state index in [1.807, 2.05) is 0 Å². The molecule has 0 amide bonds. The highest BCUT2D eigenvalue weighted by molar-refractivity contribution is 5.85. The van der Waals surface area contributed by atoms with Crippen LogP contribution >= 0.6 is 24.8 Å². The summed E-state index contributed by atoms with van der Waals surface area (Å²) in [6, 6.07) is 1.58. The Labute approximate surface area is 147 Å². The SMILES string of the molecule is Cl.Cl.Fc1ccc(F)c([C@H](C2CCCC2)N2CCNCC2)c1F. The monoisotopic (exact) mass is 370 g/mol. The maximum absolute atomic E-state index is 14.3. The quantitative estimate of drug-likeness (QED) is 0.806. The Morgan fingerprint density at radius 1 is 0.957 bits per heavy atom. The summed E-state index contributed by atoms with van der Waals surface area (Å²) >= 11 is 0. The average Bonchev–Trinajstić information content (AvgIpc) is 3.02. The van der Waals surface area contributed by atoms with Crippen LogP contribution in [-0.2, 0) is 0 Å². The van der Waals surface area contributed by atoms with Gasteiger partial charge in [0.15, 0.2) is 11.6 Å². The van der Waals surface area contributed by atoms with Crippen molar-refractivity contribution in [2.45, 2.75) is 31.7 Å². The summed E-state index contributed by atoms with van der Waals surface area (Å²) in [4.78, 5) is 2.12. The normalized spacial score (nSPS) is 20.7. The van der Waals surface area contributed by atoms with E-state index in [0.29, 0.717) is 0 Å². The molecule has 1 N–H and O–H groups in total. The van der Waals surface area contributed by atoms with Crippen molar-refractivity contribution in [2.24, 2.45) is 5.92 Å². The van der Waals surface area contributed by atoms with E-state index in [9.17, 15) is 13.2 Å². The van der Waals surface area contributed by atoms with E-state index in [4.69, 9.17) is 0 Å². The van der Waals surface area contributed by atoms with E-state index in [-0.39, 0.29) is 42.3 Å². The molecule has 1 aliphatic carbocycles. The lowest BCUT2D eigenvalue weighted by Gasteiger charge is -2.38. The van der Waals surface area contributed by atoms with E-state index < -0.39 is 17.5 Å². The molecule has 0 spiro atoms. The fourth-order valence-corrected chi connectivity index (χ4v) is 3.76. The van der Waals surface area contributed by atoms with Crippen molar-refractivity contribution < 1.29 is 13.2 Å². The fraction of sp³-hybridized carbons (Fsp3) is 0.625. The van der Waals surface area contributed by atoms with Crippen molar-refractivity contribution in [1.82, 2.24) is 10.2 Å². The van der Waals surface area contributed by atoms with Crippen molar-refractivity contribution in [2.75, 3.05) is 26.2 Å². The number of nitrogens with zero attached hydrogens (tertiary/aromatic N) is 1. The van der Waals surface area contributed by atoms with Gasteiger partial charge in [-0.2, -0.15) is 0 Å². The molecule has 7 heteroatoms. The minimum Gasteiger partial charge on any atom is -0.314 e. The third kappa shape index (κ3) is 4.32. The number of benzene rings is 1. The van der Waals surface area contributed by atoms with E-state index in [0.717, 1.165) is 64.0 Å². The van der Waals surface area contributed by atoms with Crippen LogP contribution in [0.2, 0.25) is 0 Å². The predicted octanol–water partition coefficient (Wildman–Crippen LogP) is 4.08. The Morgan fingerprint density at radius 2 is 1.52 bits per heavy atom. The first-order valence-corrected chi connectivity index (χ1v) is 7.76. The molecule has 0 unspecified atom stereocenters. The second kappa shape index (κ2) is 9.11. The Kier molecular flexibility index (Phi) is 8.14. The van der Waals surface area contributed by atoms with Crippen LogP contribution in [0.3, 0.4) is 0 Å². The van der Waals surface area contributed by atoms with Crippen LogP contribution < -0.4 is 5.32 Å². The molecule has 1 heterocycles. The van der Waals surface area contributed by atoms with Gasteiger partial charge in [0.05, 0.1) is 0 Å². The van der Waals surface area contributed by atoms with Gasteiger partial charge in [0.1, 0.15) is 5.82 Å². The molecule has 132 valence electrons. The van der Waals surface area contributed by atoms with E-state index in [2.05, 4.69) is 10.2 Å². The lowest BCUT2D eigenvalue weighted by molar-refractivity contribution is 0.118. The molecule has 0 bridgehead atoms. The highest BCUT2D eigenvalue weighted by Gasteiger charge is 2.36. The van der Waals surface area contributed by atoms with E-state index in [1.165, 1.54) is 0 Å². The molecule has 3 rings (SSSR count). The Morgan fingerprint density at radius 3 is 2.13 bits per heavy atom. The van der Waals surface area contributed by atoms with E-state index in [1.54, 1.807) is 0 Å². The van der Waals surface area contributed by atoms with Gasteiger partial charge < -0.3 is 5.32 Å².